The monoisotopic (exact) mass is 370 g/mol. The Balaban J connectivity index is 1.55. The minimum absolute atomic E-state index is 0.0580. The molecule has 0 aromatic heterocycles. The van der Waals surface area contributed by atoms with Crippen LogP contribution in [-0.4, -0.2) is 13.1 Å². The van der Waals surface area contributed by atoms with Crippen molar-refractivity contribution < 1.29 is 9.53 Å². The molecule has 0 aromatic carbocycles. The molecule has 4 rings (SSSR count). The molecule has 0 saturated heterocycles. The van der Waals surface area contributed by atoms with Gasteiger partial charge in [-0.2, -0.15) is 0 Å². The highest BCUT2D eigenvalue weighted by Crippen LogP contribution is 2.65. The number of hydrogen-bond donors (Lipinski definition) is 0. The van der Waals surface area contributed by atoms with E-state index in [1.807, 2.05) is 0 Å². The second kappa shape index (κ2) is 7.08. The summed E-state index contributed by atoms with van der Waals surface area (Å²) < 4.78 is 4.87. The van der Waals surface area contributed by atoms with Gasteiger partial charge in [-0.15, -0.1) is 0 Å². The van der Waals surface area contributed by atoms with Gasteiger partial charge in [0.25, 0.3) is 0 Å². The zero-order chi connectivity index (χ0) is 19.2. The molecule has 0 radical (unpaired) electrons. The summed E-state index contributed by atoms with van der Waals surface area (Å²) in [5.41, 5.74) is 0.800. The van der Waals surface area contributed by atoms with Gasteiger partial charge in [0, 0.05) is 6.42 Å². The van der Waals surface area contributed by atoms with Crippen molar-refractivity contribution in [2.24, 2.45) is 46.3 Å². The lowest BCUT2D eigenvalue weighted by Crippen LogP contribution is -2.50. The Morgan fingerprint density at radius 3 is 2.78 bits per heavy atom. The summed E-state index contributed by atoms with van der Waals surface area (Å²) in [6.07, 6.45) is 19.9. The number of methoxy groups -OCH3 is 1. The number of carbonyl (C=O) groups excluding carboxylic acids is 1. The summed E-state index contributed by atoms with van der Waals surface area (Å²) in [5, 5.41) is 0. The summed E-state index contributed by atoms with van der Waals surface area (Å²) >= 11 is 0. The fourth-order valence-electron chi connectivity index (χ4n) is 7.79. The molecule has 4 aliphatic carbocycles. The highest BCUT2D eigenvalue weighted by molar-refractivity contribution is 5.69. The highest BCUT2D eigenvalue weighted by atomic mass is 16.5. The molecular weight excluding hydrogens is 332 g/mol. The average molecular weight is 371 g/mol. The van der Waals surface area contributed by atoms with Crippen LogP contribution in [0.3, 0.4) is 0 Å². The predicted octanol–water partition coefficient (Wildman–Crippen LogP) is 6.18. The third kappa shape index (κ3) is 3.02. The number of allylic oxidation sites excluding steroid dienone is 4. The summed E-state index contributed by atoms with van der Waals surface area (Å²) in [4.78, 5) is 11.6. The van der Waals surface area contributed by atoms with Gasteiger partial charge in [0.15, 0.2) is 0 Å². The largest absolute Gasteiger partial charge is 0.469 e. The van der Waals surface area contributed by atoms with Crippen molar-refractivity contribution in [3.63, 3.8) is 0 Å². The maximum absolute atomic E-state index is 11.6. The van der Waals surface area contributed by atoms with E-state index in [4.69, 9.17) is 4.74 Å². The van der Waals surface area contributed by atoms with E-state index in [-0.39, 0.29) is 5.97 Å². The molecule has 0 unspecified atom stereocenters. The maximum Gasteiger partial charge on any atom is 0.305 e. The Kier molecular flexibility index (Phi) is 5.06. The quantitative estimate of drug-likeness (QED) is 0.436. The molecule has 2 heteroatoms. The van der Waals surface area contributed by atoms with Gasteiger partial charge < -0.3 is 4.74 Å². The standard InChI is InChI=1S/C25H38O2/c1-17(8-13-23(26)27-4)20-11-12-21-19-10-9-18-7-5-6-15-24(18,2)22(19)14-16-25(20,21)3/h5,7,14,16-22H,6,8-13,15H2,1-4H3/t17-,18+,19+,20-,21+,22+,24+,25-/m1/s1. The van der Waals surface area contributed by atoms with Crippen LogP contribution in [-0.2, 0) is 9.53 Å². The Morgan fingerprint density at radius 1 is 1.19 bits per heavy atom. The first kappa shape index (κ1) is 19.3. The van der Waals surface area contributed by atoms with Gasteiger partial charge >= 0.3 is 5.97 Å². The Hall–Kier alpha value is -1.05. The Morgan fingerprint density at radius 2 is 2.00 bits per heavy atom. The molecule has 27 heavy (non-hydrogen) atoms. The molecule has 4 aliphatic rings. The second-order valence-electron chi connectivity index (χ2n) is 10.5. The van der Waals surface area contributed by atoms with E-state index in [0.717, 1.165) is 30.1 Å². The SMILES string of the molecule is COC(=O)CC[C@@H](C)[C@H]1CC[C@H]2[C@@H]3CC[C@@H]4C=CCC[C@]4(C)[C@H]3C=C[C@]12C. The van der Waals surface area contributed by atoms with Gasteiger partial charge in [-0.25, -0.2) is 0 Å². The predicted molar refractivity (Wildman–Crippen MR) is 110 cm³/mol. The van der Waals surface area contributed by atoms with Crippen LogP contribution in [0.5, 0.6) is 0 Å². The van der Waals surface area contributed by atoms with Crippen LogP contribution in [0, 0.1) is 46.3 Å². The molecule has 8 atom stereocenters. The summed E-state index contributed by atoms with van der Waals surface area (Å²) in [6, 6.07) is 0. The van der Waals surface area contributed by atoms with Crippen LogP contribution in [0.25, 0.3) is 0 Å². The molecule has 0 N–H and O–H groups in total. The van der Waals surface area contributed by atoms with Gasteiger partial charge in [0.2, 0.25) is 0 Å². The number of ether oxygens (including phenoxy) is 1. The lowest BCUT2D eigenvalue weighted by molar-refractivity contribution is -0.141. The number of esters is 1. The molecule has 0 heterocycles. The van der Waals surface area contributed by atoms with Gasteiger partial charge in [-0.05, 0) is 91.3 Å². The first-order valence-corrected chi connectivity index (χ1v) is 11.3. The van der Waals surface area contributed by atoms with Gasteiger partial charge in [-0.3, -0.25) is 4.79 Å². The third-order valence-electron chi connectivity index (χ3n) is 9.38. The summed E-state index contributed by atoms with van der Waals surface area (Å²) in [5.74, 6) is 4.50. The first-order valence-electron chi connectivity index (χ1n) is 11.3. The van der Waals surface area contributed by atoms with Crippen molar-refractivity contribution in [3.05, 3.63) is 24.3 Å². The van der Waals surface area contributed by atoms with E-state index in [9.17, 15) is 4.79 Å². The van der Waals surface area contributed by atoms with Crippen LogP contribution < -0.4 is 0 Å². The van der Waals surface area contributed by atoms with Crippen molar-refractivity contribution in [3.8, 4) is 0 Å². The van der Waals surface area contributed by atoms with Gasteiger partial charge in [-0.1, -0.05) is 45.1 Å². The number of fused-ring (bicyclic) bond motifs is 5. The Bertz CT molecular complexity index is 634. The molecule has 2 saturated carbocycles. The zero-order valence-corrected chi connectivity index (χ0v) is 17.7. The topological polar surface area (TPSA) is 26.3 Å². The summed E-state index contributed by atoms with van der Waals surface area (Å²) in [6.45, 7) is 7.48. The number of rotatable bonds is 4. The molecule has 0 amide bonds. The fraction of sp³-hybridized carbons (Fsp3) is 0.800. The fourth-order valence-corrected chi connectivity index (χ4v) is 7.79. The average Bonchev–Trinajstić information content (AvgIpc) is 3.02. The van der Waals surface area contributed by atoms with E-state index < -0.39 is 0 Å². The minimum Gasteiger partial charge on any atom is -0.469 e. The van der Waals surface area contributed by atoms with Crippen molar-refractivity contribution in [2.75, 3.05) is 7.11 Å². The van der Waals surface area contributed by atoms with Crippen LogP contribution in [0.4, 0.5) is 0 Å². The number of hydrogen-bond acceptors (Lipinski definition) is 2. The third-order valence-corrected chi connectivity index (χ3v) is 9.38. The van der Waals surface area contributed by atoms with E-state index in [2.05, 4.69) is 45.1 Å². The zero-order valence-electron chi connectivity index (χ0n) is 17.7. The normalized spacial score (nSPS) is 46.3. The molecular formula is C25H38O2. The molecule has 0 spiro atoms. The molecule has 2 fully saturated rings. The molecule has 150 valence electrons. The number of carbonyl (C=O) groups is 1. The first-order chi connectivity index (χ1) is 12.9. The lowest BCUT2D eigenvalue weighted by Gasteiger charge is -2.57. The second-order valence-corrected chi connectivity index (χ2v) is 10.5. The van der Waals surface area contributed by atoms with E-state index >= 15 is 0 Å². The molecule has 0 bridgehead atoms. The van der Waals surface area contributed by atoms with Crippen molar-refractivity contribution in [1.29, 1.82) is 0 Å². The van der Waals surface area contributed by atoms with Crippen LogP contribution in [0.2, 0.25) is 0 Å². The summed E-state index contributed by atoms with van der Waals surface area (Å²) in [7, 11) is 1.50. The maximum atomic E-state index is 11.6. The van der Waals surface area contributed by atoms with Crippen LogP contribution >= 0.6 is 0 Å². The van der Waals surface area contributed by atoms with E-state index in [0.29, 0.717) is 29.1 Å². The van der Waals surface area contributed by atoms with Crippen molar-refractivity contribution in [1.82, 2.24) is 0 Å². The molecule has 0 aliphatic heterocycles. The smallest absolute Gasteiger partial charge is 0.305 e. The Labute approximate surface area is 165 Å². The van der Waals surface area contributed by atoms with E-state index in [1.165, 1.54) is 45.6 Å². The van der Waals surface area contributed by atoms with Crippen molar-refractivity contribution >= 4 is 5.97 Å². The van der Waals surface area contributed by atoms with Crippen molar-refractivity contribution in [2.45, 2.75) is 72.1 Å². The van der Waals surface area contributed by atoms with Gasteiger partial charge in [0.05, 0.1) is 7.11 Å². The molecule has 2 nitrogen and oxygen atoms in total. The lowest BCUT2D eigenvalue weighted by atomic mass is 9.47. The van der Waals surface area contributed by atoms with E-state index in [1.54, 1.807) is 0 Å². The van der Waals surface area contributed by atoms with Crippen LogP contribution in [0.15, 0.2) is 24.3 Å². The van der Waals surface area contributed by atoms with Crippen LogP contribution in [0.1, 0.15) is 72.1 Å². The highest BCUT2D eigenvalue weighted by Gasteiger charge is 2.57. The molecule has 0 aromatic rings. The minimum atomic E-state index is -0.0580. The van der Waals surface area contributed by atoms with Gasteiger partial charge in [0.1, 0.15) is 0 Å².